The van der Waals surface area contributed by atoms with E-state index in [0.29, 0.717) is 0 Å². The Morgan fingerprint density at radius 2 is 1.75 bits per heavy atom. The second-order valence-corrected chi connectivity index (χ2v) is 6.75. The lowest BCUT2D eigenvalue weighted by atomic mass is 10.0. The SMILES string of the molecule is CCCc1ccc(C(C)Nc2ccc(Br)cc2Br)cc1. The molecule has 2 aromatic rings. The smallest absolute Gasteiger partial charge is 0.0490 e. The lowest BCUT2D eigenvalue weighted by Crippen LogP contribution is -2.07. The fourth-order valence-corrected chi connectivity index (χ4v) is 3.35. The summed E-state index contributed by atoms with van der Waals surface area (Å²) in [5.74, 6) is 0. The van der Waals surface area contributed by atoms with Crippen molar-refractivity contribution in [1.82, 2.24) is 0 Å². The summed E-state index contributed by atoms with van der Waals surface area (Å²) in [6, 6.07) is 15.4. The summed E-state index contributed by atoms with van der Waals surface area (Å²) in [5.41, 5.74) is 3.83. The van der Waals surface area contributed by atoms with Gasteiger partial charge < -0.3 is 5.32 Å². The minimum atomic E-state index is 0.281. The van der Waals surface area contributed by atoms with Crippen molar-refractivity contribution in [3.05, 3.63) is 62.5 Å². The highest BCUT2D eigenvalue weighted by Crippen LogP contribution is 2.29. The van der Waals surface area contributed by atoms with E-state index >= 15 is 0 Å². The van der Waals surface area contributed by atoms with E-state index in [1.165, 1.54) is 17.5 Å². The molecule has 0 saturated heterocycles. The van der Waals surface area contributed by atoms with Crippen LogP contribution in [0.15, 0.2) is 51.4 Å². The van der Waals surface area contributed by atoms with Crippen LogP contribution in [0.1, 0.15) is 37.4 Å². The van der Waals surface area contributed by atoms with Crippen LogP contribution >= 0.6 is 31.9 Å². The Labute approximate surface area is 138 Å². The van der Waals surface area contributed by atoms with Gasteiger partial charge in [-0.15, -0.1) is 0 Å². The molecule has 0 aliphatic heterocycles. The first kappa shape index (κ1) is 15.6. The molecule has 3 heteroatoms. The maximum atomic E-state index is 3.59. The minimum absolute atomic E-state index is 0.281. The molecule has 1 unspecified atom stereocenters. The van der Waals surface area contributed by atoms with Gasteiger partial charge in [0.25, 0.3) is 0 Å². The average Bonchev–Trinajstić information content (AvgIpc) is 2.43. The Kier molecular flexibility index (Phi) is 5.67. The molecule has 1 nitrogen and oxygen atoms in total. The fraction of sp³-hybridized carbons (Fsp3) is 0.294. The molecule has 0 aliphatic rings. The topological polar surface area (TPSA) is 12.0 Å². The molecule has 20 heavy (non-hydrogen) atoms. The van der Waals surface area contributed by atoms with Crippen molar-refractivity contribution in [2.24, 2.45) is 0 Å². The molecule has 2 rings (SSSR count). The second kappa shape index (κ2) is 7.28. The standard InChI is InChI=1S/C17H19Br2N/c1-3-4-13-5-7-14(8-6-13)12(2)20-17-10-9-15(18)11-16(17)19/h5-12,20H,3-4H2,1-2H3. The molecule has 0 heterocycles. The number of nitrogens with one attached hydrogen (secondary N) is 1. The Bertz CT molecular complexity index is 564. The monoisotopic (exact) mass is 395 g/mol. The van der Waals surface area contributed by atoms with E-state index < -0.39 is 0 Å². The molecule has 1 atom stereocenters. The van der Waals surface area contributed by atoms with Crippen LogP contribution in [0, 0.1) is 0 Å². The molecule has 2 aromatic carbocycles. The summed E-state index contributed by atoms with van der Waals surface area (Å²) in [4.78, 5) is 0. The van der Waals surface area contributed by atoms with Crippen LogP contribution in [0.25, 0.3) is 0 Å². The van der Waals surface area contributed by atoms with Gasteiger partial charge in [-0.25, -0.2) is 0 Å². The van der Waals surface area contributed by atoms with E-state index in [0.717, 1.165) is 21.1 Å². The number of rotatable bonds is 5. The highest BCUT2D eigenvalue weighted by Gasteiger charge is 2.07. The molecule has 0 amide bonds. The lowest BCUT2D eigenvalue weighted by molar-refractivity contribution is 0.875. The second-order valence-electron chi connectivity index (χ2n) is 4.98. The van der Waals surface area contributed by atoms with Gasteiger partial charge in [-0.1, -0.05) is 53.5 Å². The summed E-state index contributed by atoms with van der Waals surface area (Å²) in [6.45, 7) is 4.40. The summed E-state index contributed by atoms with van der Waals surface area (Å²) in [7, 11) is 0. The van der Waals surface area contributed by atoms with Crippen LogP contribution in [0.5, 0.6) is 0 Å². The van der Waals surface area contributed by atoms with E-state index in [1.54, 1.807) is 0 Å². The van der Waals surface area contributed by atoms with Crippen molar-refractivity contribution in [2.45, 2.75) is 32.7 Å². The maximum Gasteiger partial charge on any atom is 0.0490 e. The predicted octanol–water partition coefficient (Wildman–Crippen LogP) is 6.34. The molecular formula is C17H19Br2N. The van der Waals surface area contributed by atoms with Gasteiger partial charge >= 0.3 is 0 Å². The molecule has 0 aliphatic carbocycles. The van der Waals surface area contributed by atoms with Crippen LogP contribution in [-0.2, 0) is 6.42 Å². The lowest BCUT2D eigenvalue weighted by Gasteiger charge is -2.17. The molecule has 106 valence electrons. The van der Waals surface area contributed by atoms with Gasteiger partial charge in [0.05, 0.1) is 0 Å². The van der Waals surface area contributed by atoms with Crippen LogP contribution in [0.3, 0.4) is 0 Å². The van der Waals surface area contributed by atoms with Gasteiger partial charge in [-0.05, 0) is 58.6 Å². The van der Waals surface area contributed by atoms with Crippen molar-refractivity contribution in [3.63, 3.8) is 0 Å². The van der Waals surface area contributed by atoms with Crippen molar-refractivity contribution in [3.8, 4) is 0 Å². The van der Waals surface area contributed by atoms with Crippen molar-refractivity contribution in [1.29, 1.82) is 0 Å². The first-order chi connectivity index (χ1) is 9.60. The molecule has 0 radical (unpaired) electrons. The third-order valence-corrected chi connectivity index (χ3v) is 4.47. The Morgan fingerprint density at radius 3 is 2.35 bits per heavy atom. The summed E-state index contributed by atoms with van der Waals surface area (Å²) < 4.78 is 2.15. The Morgan fingerprint density at radius 1 is 1.05 bits per heavy atom. The molecule has 0 aromatic heterocycles. The Hall–Kier alpha value is -0.800. The van der Waals surface area contributed by atoms with Gasteiger partial charge in [0.15, 0.2) is 0 Å². The molecule has 0 spiro atoms. The fourth-order valence-electron chi connectivity index (χ4n) is 2.18. The quantitative estimate of drug-likeness (QED) is 0.621. The average molecular weight is 397 g/mol. The molecule has 1 N–H and O–H groups in total. The summed E-state index contributed by atoms with van der Waals surface area (Å²) in [6.07, 6.45) is 2.35. The molecule has 0 bridgehead atoms. The minimum Gasteiger partial charge on any atom is -0.378 e. The highest BCUT2D eigenvalue weighted by atomic mass is 79.9. The summed E-state index contributed by atoms with van der Waals surface area (Å²) in [5, 5.41) is 3.54. The van der Waals surface area contributed by atoms with E-state index in [1.807, 2.05) is 6.07 Å². The van der Waals surface area contributed by atoms with E-state index in [9.17, 15) is 0 Å². The van der Waals surface area contributed by atoms with Crippen molar-refractivity contribution >= 4 is 37.5 Å². The van der Waals surface area contributed by atoms with E-state index in [2.05, 4.69) is 87.4 Å². The largest absolute Gasteiger partial charge is 0.378 e. The van der Waals surface area contributed by atoms with Crippen LogP contribution in [0.2, 0.25) is 0 Å². The van der Waals surface area contributed by atoms with E-state index in [-0.39, 0.29) is 6.04 Å². The zero-order chi connectivity index (χ0) is 14.5. The maximum absolute atomic E-state index is 3.59. The van der Waals surface area contributed by atoms with Crippen molar-refractivity contribution < 1.29 is 0 Å². The van der Waals surface area contributed by atoms with Gasteiger partial charge in [0.2, 0.25) is 0 Å². The number of hydrogen-bond donors (Lipinski definition) is 1. The normalized spacial score (nSPS) is 12.2. The van der Waals surface area contributed by atoms with Gasteiger partial charge in [-0.2, -0.15) is 0 Å². The Balaban J connectivity index is 2.09. The molecule has 0 saturated carbocycles. The first-order valence-electron chi connectivity index (χ1n) is 6.90. The summed E-state index contributed by atoms with van der Waals surface area (Å²) >= 11 is 7.06. The highest BCUT2D eigenvalue weighted by molar-refractivity contribution is 9.11. The number of anilines is 1. The van der Waals surface area contributed by atoms with Gasteiger partial charge in [-0.3, -0.25) is 0 Å². The zero-order valence-electron chi connectivity index (χ0n) is 11.8. The zero-order valence-corrected chi connectivity index (χ0v) is 15.0. The number of hydrogen-bond acceptors (Lipinski definition) is 1. The van der Waals surface area contributed by atoms with Gasteiger partial charge in [0.1, 0.15) is 0 Å². The number of benzene rings is 2. The van der Waals surface area contributed by atoms with Crippen LogP contribution < -0.4 is 5.32 Å². The van der Waals surface area contributed by atoms with Crippen LogP contribution in [-0.4, -0.2) is 0 Å². The number of aryl methyl sites for hydroxylation is 1. The third kappa shape index (κ3) is 4.10. The molecule has 0 fully saturated rings. The third-order valence-electron chi connectivity index (χ3n) is 3.32. The van der Waals surface area contributed by atoms with E-state index in [4.69, 9.17) is 0 Å². The number of halogens is 2. The van der Waals surface area contributed by atoms with Gasteiger partial charge in [0, 0.05) is 20.7 Å². The first-order valence-corrected chi connectivity index (χ1v) is 8.49. The predicted molar refractivity (Wildman–Crippen MR) is 94.3 cm³/mol. The van der Waals surface area contributed by atoms with Crippen LogP contribution in [0.4, 0.5) is 5.69 Å². The molecular weight excluding hydrogens is 378 g/mol. The van der Waals surface area contributed by atoms with Crippen molar-refractivity contribution in [2.75, 3.05) is 5.32 Å².